The summed E-state index contributed by atoms with van der Waals surface area (Å²) in [6, 6.07) is 18.0. The Hall–Kier alpha value is -2.13. The average molecular weight is 296 g/mol. The van der Waals surface area contributed by atoms with Crippen molar-refractivity contribution < 1.29 is 4.79 Å². The first-order valence-corrected chi connectivity index (χ1v) is 7.69. The molecular weight excluding hydrogens is 272 g/mol. The van der Waals surface area contributed by atoms with Gasteiger partial charge >= 0.3 is 0 Å². The maximum Gasteiger partial charge on any atom is 0.231 e. The third-order valence-electron chi connectivity index (χ3n) is 3.65. The monoisotopic (exact) mass is 296 g/mol. The summed E-state index contributed by atoms with van der Waals surface area (Å²) in [6.45, 7) is 2.94. The Morgan fingerprint density at radius 3 is 2.23 bits per heavy atom. The predicted molar refractivity (Wildman–Crippen MR) is 91.9 cm³/mol. The Bertz CT molecular complexity index is 591. The lowest BCUT2D eigenvalue weighted by Gasteiger charge is -2.16. The highest BCUT2D eigenvalue weighted by Crippen LogP contribution is 2.21. The summed E-state index contributed by atoms with van der Waals surface area (Å²) in [4.78, 5) is 14.6. The minimum absolute atomic E-state index is 0.0501. The zero-order valence-corrected chi connectivity index (χ0v) is 13.5. The van der Waals surface area contributed by atoms with Gasteiger partial charge in [0.1, 0.15) is 0 Å². The quantitative estimate of drug-likeness (QED) is 0.877. The van der Waals surface area contributed by atoms with Crippen LogP contribution in [0.5, 0.6) is 0 Å². The predicted octanol–water partition coefficient (Wildman–Crippen LogP) is 3.88. The fourth-order valence-electron chi connectivity index (χ4n) is 2.55. The van der Waals surface area contributed by atoms with Crippen molar-refractivity contribution in [2.45, 2.75) is 25.8 Å². The van der Waals surface area contributed by atoms with Crippen LogP contribution in [0, 0.1) is 0 Å². The molecule has 1 amide bonds. The number of hydrogen-bond acceptors (Lipinski definition) is 2. The van der Waals surface area contributed by atoms with E-state index in [0.29, 0.717) is 0 Å². The maximum atomic E-state index is 12.5. The number of anilines is 1. The Morgan fingerprint density at radius 1 is 1.05 bits per heavy atom. The van der Waals surface area contributed by atoms with Crippen LogP contribution in [0.3, 0.4) is 0 Å². The Kier molecular flexibility index (Phi) is 5.73. The second-order valence-electron chi connectivity index (χ2n) is 5.80. The Balaban J connectivity index is 2.04. The molecule has 1 atom stereocenters. The second-order valence-corrected chi connectivity index (χ2v) is 5.80. The van der Waals surface area contributed by atoms with Gasteiger partial charge in [0, 0.05) is 12.2 Å². The lowest BCUT2D eigenvalue weighted by Crippen LogP contribution is -2.20. The van der Waals surface area contributed by atoms with Crippen LogP contribution >= 0.6 is 0 Å². The molecule has 0 radical (unpaired) electrons. The number of rotatable bonds is 6. The Morgan fingerprint density at radius 2 is 1.68 bits per heavy atom. The maximum absolute atomic E-state index is 12.5. The van der Waals surface area contributed by atoms with E-state index in [4.69, 9.17) is 0 Å². The van der Waals surface area contributed by atoms with Crippen LogP contribution in [0.4, 0.5) is 5.69 Å². The molecule has 1 N–H and O–H groups in total. The van der Waals surface area contributed by atoms with Crippen molar-refractivity contribution in [3.05, 3.63) is 65.7 Å². The van der Waals surface area contributed by atoms with Crippen molar-refractivity contribution in [3.8, 4) is 0 Å². The van der Waals surface area contributed by atoms with Gasteiger partial charge in [0.15, 0.2) is 0 Å². The number of hydrogen-bond donors (Lipinski definition) is 1. The van der Waals surface area contributed by atoms with Crippen LogP contribution in [0.15, 0.2) is 54.6 Å². The normalized spacial score (nSPS) is 12.2. The number of amides is 1. The van der Waals surface area contributed by atoms with E-state index >= 15 is 0 Å². The topological polar surface area (TPSA) is 32.3 Å². The van der Waals surface area contributed by atoms with E-state index in [1.165, 1.54) is 5.56 Å². The lowest BCUT2D eigenvalue weighted by atomic mass is 9.95. The zero-order chi connectivity index (χ0) is 15.9. The van der Waals surface area contributed by atoms with Crippen molar-refractivity contribution in [3.63, 3.8) is 0 Å². The SMILES string of the molecule is CC[C@@H](C(=O)Nc1ccc(CN(C)C)cc1)c1ccccc1. The number of nitrogens with one attached hydrogen (secondary N) is 1. The molecule has 0 saturated carbocycles. The molecule has 0 spiro atoms. The molecule has 3 nitrogen and oxygen atoms in total. The number of benzene rings is 2. The van der Waals surface area contributed by atoms with Crippen LogP contribution in [0.25, 0.3) is 0 Å². The summed E-state index contributed by atoms with van der Waals surface area (Å²) >= 11 is 0. The largest absolute Gasteiger partial charge is 0.326 e. The van der Waals surface area contributed by atoms with Gasteiger partial charge in [-0.25, -0.2) is 0 Å². The molecule has 0 aromatic heterocycles. The second kappa shape index (κ2) is 7.76. The minimum atomic E-state index is -0.109. The van der Waals surface area contributed by atoms with Crippen LogP contribution < -0.4 is 5.32 Å². The van der Waals surface area contributed by atoms with E-state index in [9.17, 15) is 4.79 Å². The molecule has 0 saturated heterocycles. The molecule has 2 rings (SSSR count). The highest BCUT2D eigenvalue weighted by molar-refractivity contribution is 5.95. The minimum Gasteiger partial charge on any atom is -0.326 e. The smallest absolute Gasteiger partial charge is 0.231 e. The van der Waals surface area contributed by atoms with Crippen LogP contribution in [0.2, 0.25) is 0 Å². The summed E-state index contributed by atoms with van der Waals surface area (Å²) in [5.74, 6) is -0.0586. The zero-order valence-electron chi connectivity index (χ0n) is 13.5. The van der Waals surface area contributed by atoms with Crippen LogP contribution in [-0.2, 0) is 11.3 Å². The van der Waals surface area contributed by atoms with Crippen molar-refractivity contribution in [1.29, 1.82) is 0 Å². The van der Waals surface area contributed by atoms with Gasteiger partial charge in [-0.05, 0) is 43.8 Å². The fourth-order valence-corrected chi connectivity index (χ4v) is 2.55. The molecule has 0 bridgehead atoms. The molecule has 0 aliphatic heterocycles. The van der Waals surface area contributed by atoms with Crippen LogP contribution in [0.1, 0.15) is 30.4 Å². The average Bonchev–Trinajstić information content (AvgIpc) is 2.50. The molecule has 0 fully saturated rings. The number of carbonyl (C=O) groups is 1. The molecule has 2 aromatic rings. The van der Waals surface area contributed by atoms with Gasteiger partial charge in [-0.3, -0.25) is 4.79 Å². The summed E-state index contributed by atoms with van der Waals surface area (Å²) in [5.41, 5.74) is 3.15. The molecule has 2 aromatic carbocycles. The van der Waals surface area contributed by atoms with Gasteiger partial charge in [-0.2, -0.15) is 0 Å². The summed E-state index contributed by atoms with van der Waals surface area (Å²) in [5, 5.41) is 3.02. The van der Waals surface area contributed by atoms with Crippen molar-refractivity contribution in [2.75, 3.05) is 19.4 Å². The Labute approximate surface area is 133 Å². The van der Waals surface area contributed by atoms with Crippen molar-refractivity contribution in [2.24, 2.45) is 0 Å². The highest BCUT2D eigenvalue weighted by atomic mass is 16.1. The van der Waals surface area contributed by atoms with Gasteiger partial charge in [0.25, 0.3) is 0 Å². The van der Waals surface area contributed by atoms with E-state index in [1.54, 1.807) is 0 Å². The van der Waals surface area contributed by atoms with Gasteiger partial charge in [-0.15, -0.1) is 0 Å². The molecule has 0 unspecified atom stereocenters. The van der Waals surface area contributed by atoms with E-state index in [-0.39, 0.29) is 11.8 Å². The van der Waals surface area contributed by atoms with E-state index in [0.717, 1.165) is 24.2 Å². The van der Waals surface area contributed by atoms with Gasteiger partial charge < -0.3 is 10.2 Å². The number of nitrogens with zero attached hydrogens (tertiary/aromatic N) is 1. The standard InChI is InChI=1S/C19H24N2O/c1-4-18(16-8-6-5-7-9-16)19(22)20-17-12-10-15(11-13-17)14-21(2)3/h5-13,18H,4,14H2,1-3H3,(H,20,22)/t18-/m1/s1. The van der Waals surface area contributed by atoms with Gasteiger partial charge in [-0.1, -0.05) is 49.4 Å². The molecular formula is C19H24N2O. The molecule has 22 heavy (non-hydrogen) atoms. The number of carbonyl (C=O) groups excluding carboxylic acids is 1. The van der Waals surface area contributed by atoms with E-state index < -0.39 is 0 Å². The first-order valence-electron chi connectivity index (χ1n) is 7.69. The van der Waals surface area contributed by atoms with E-state index in [1.807, 2.05) is 63.5 Å². The molecule has 0 heterocycles. The lowest BCUT2D eigenvalue weighted by molar-refractivity contribution is -0.117. The molecule has 0 aliphatic carbocycles. The summed E-state index contributed by atoms with van der Waals surface area (Å²) in [6.07, 6.45) is 0.786. The third-order valence-corrected chi connectivity index (χ3v) is 3.65. The van der Waals surface area contributed by atoms with E-state index in [2.05, 4.69) is 22.3 Å². The summed E-state index contributed by atoms with van der Waals surface area (Å²) < 4.78 is 0. The van der Waals surface area contributed by atoms with Crippen molar-refractivity contribution in [1.82, 2.24) is 4.90 Å². The fraction of sp³-hybridized carbons (Fsp3) is 0.316. The first-order chi connectivity index (χ1) is 10.6. The molecule has 116 valence electrons. The molecule has 3 heteroatoms. The molecule has 0 aliphatic rings. The van der Waals surface area contributed by atoms with Gasteiger partial charge in [0.2, 0.25) is 5.91 Å². The summed E-state index contributed by atoms with van der Waals surface area (Å²) in [7, 11) is 4.09. The van der Waals surface area contributed by atoms with Crippen molar-refractivity contribution >= 4 is 11.6 Å². The first kappa shape index (κ1) is 16.2. The third kappa shape index (κ3) is 4.43. The van der Waals surface area contributed by atoms with Gasteiger partial charge in [0.05, 0.1) is 5.92 Å². The highest BCUT2D eigenvalue weighted by Gasteiger charge is 2.18. The van der Waals surface area contributed by atoms with Crippen LogP contribution in [-0.4, -0.2) is 24.9 Å².